The maximum atomic E-state index is 12.8. The Morgan fingerprint density at radius 1 is 1.18 bits per heavy atom. The average molecular weight is 318 g/mol. The second-order valence-electron chi connectivity index (χ2n) is 5.07. The molecule has 2 N–H and O–H groups in total. The highest BCUT2D eigenvalue weighted by Crippen LogP contribution is 2.25. The van der Waals surface area contributed by atoms with E-state index < -0.39 is 15.7 Å². The van der Waals surface area contributed by atoms with Crippen LogP contribution in [-0.4, -0.2) is 19.3 Å². The summed E-state index contributed by atoms with van der Waals surface area (Å²) in [6.07, 6.45) is 1.86. The summed E-state index contributed by atoms with van der Waals surface area (Å²) in [5.74, 6) is -0.500. The van der Waals surface area contributed by atoms with Gasteiger partial charge in [-0.2, -0.15) is 0 Å². The lowest BCUT2D eigenvalue weighted by atomic mass is 10.1. The molecule has 0 aliphatic carbocycles. The van der Waals surface area contributed by atoms with Crippen LogP contribution in [0.15, 0.2) is 46.5 Å². The standard InChI is InChI=1S/C16H18N2O3S/c1-3-14-12(10-15(17)19)8-9-18-16(14)22(20,21)13-6-4-11(2)5-7-13/h4-9H,3,10H2,1-2H3,(H2,17,19). The molecule has 2 rings (SSSR count). The fourth-order valence-corrected chi connectivity index (χ4v) is 3.82. The number of nitrogens with zero attached hydrogens (tertiary/aromatic N) is 1. The molecule has 0 fully saturated rings. The quantitative estimate of drug-likeness (QED) is 0.910. The van der Waals surface area contributed by atoms with Gasteiger partial charge in [-0.05, 0) is 42.7 Å². The van der Waals surface area contributed by atoms with Crippen LogP contribution in [0.4, 0.5) is 0 Å². The molecular formula is C16H18N2O3S. The van der Waals surface area contributed by atoms with Crippen molar-refractivity contribution in [3.05, 3.63) is 53.2 Å². The van der Waals surface area contributed by atoms with Crippen LogP contribution in [0.25, 0.3) is 0 Å². The molecule has 0 radical (unpaired) electrons. The van der Waals surface area contributed by atoms with Crippen LogP contribution in [0.2, 0.25) is 0 Å². The molecule has 1 heterocycles. The van der Waals surface area contributed by atoms with Gasteiger partial charge in [-0.15, -0.1) is 0 Å². The normalized spacial score (nSPS) is 11.4. The zero-order chi connectivity index (χ0) is 16.3. The van der Waals surface area contributed by atoms with Gasteiger partial charge in [0.2, 0.25) is 15.7 Å². The molecule has 0 atom stereocenters. The van der Waals surface area contributed by atoms with E-state index in [2.05, 4.69) is 4.98 Å². The third-order valence-electron chi connectivity index (χ3n) is 3.42. The maximum absolute atomic E-state index is 12.8. The fraction of sp³-hybridized carbons (Fsp3) is 0.250. The summed E-state index contributed by atoms with van der Waals surface area (Å²) in [5.41, 5.74) is 7.35. The van der Waals surface area contributed by atoms with Crippen molar-refractivity contribution in [3.63, 3.8) is 0 Å². The van der Waals surface area contributed by atoms with Gasteiger partial charge in [0.05, 0.1) is 11.3 Å². The van der Waals surface area contributed by atoms with E-state index in [9.17, 15) is 13.2 Å². The Morgan fingerprint density at radius 2 is 1.82 bits per heavy atom. The van der Waals surface area contributed by atoms with Crippen LogP contribution >= 0.6 is 0 Å². The number of pyridine rings is 1. The van der Waals surface area contributed by atoms with Gasteiger partial charge in [0, 0.05) is 6.20 Å². The number of benzene rings is 1. The minimum Gasteiger partial charge on any atom is -0.369 e. The number of hydrogen-bond acceptors (Lipinski definition) is 4. The largest absolute Gasteiger partial charge is 0.369 e. The Bertz CT molecular complexity index is 797. The third-order valence-corrected chi connectivity index (χ3v) is 5.17. The molecule has 116 valence electrons. The number of amides is 1. The Balaban J connectivity index is 2.60. The number of sulfone groups is 1. The average Bonchev–Trinajstić information content (AvgIpc) is 2.46. The zero-order valence-corrected chi connectivity index (χ0v) is 13.4. The van der Waals surface area contributed by atoms with Crippen LogP contribution < -0.4 is 5.73 Å². The van der Waals surface area contributed by atoms with Crippen LogP contribution in [0.5, 0.6) is 0 Å². The topological polar surface area (TPSA) is 90.1 Å². The molecule has 0 aliphatic rings. The number of carbonyl (C=O) groups excluding carboxylic acids is 1. The summed E-state index contributed by atoms with van der Waals surface area (Å²) < 4.78 is 25.6. The van der Waals surface area contributed by atoms with Crippen molar-refractivity contribution in [3.8, 4) is 0 Å². The van der Waals surface area contributed by atoms with Gasteiger partial charge in [0.25, 0.3) is 0 Å². The first-order chi connectivity index (χ1) is 10.4. The molecular weight excluding hydrogens is 300 g/mol. The molecule has 5 nitrogen and oxygen atoms in total. The summed E-state index contributed by atoms with van der Waals surface area (Å²) in [4.78, 5) is 15.4. The van der Waals surface area contributed by atoms with Gasteiger partial charge in [0.15, 0.2) is 5.03 Å². The summed E-state index contributed by atoms with van der Waals surface area (Å²) in [6.45, 7) is 3.72. The SMILES string of the molecule is CCc1c(CC(N)=O)ccnc1S(=O)(=O)c1ccc(C)cc1. The first-order valence-corrected chi connectivity index (χ1v) is 8.41. The molecule has 22 heavy (non-hydrogen) atoms. The summed E-state index contributed by atoms with van der Waals surface area (Å²) in [6, 6.07) is 8.24. The summed E-state index contributed by atoms with van der Waals surface area (Å²) >= 11 is 0. The van der Waals surface area contributed by atoms with Gasteiger partial charge < -0.3 is 5.73 Å². The summed E-state index contributed by atoms with van der Waals surface area (Å²) in [5, 5.41) is -0.00222. The number of primary amides is 1. The van der Waals surface area contributed by atoms with E-state index in [1.54, 1.807) is 30.3 Å². The Labute approximate surface area is 130 Å². The predicted molar refractivity (Wildman–Crippen MR) is 83.1 cm³/mol. The van der Waals surface area contributed by atoms with E-state index in [-0.39, 0.29) is 16.3 Å². The van der Waals surface area contributed by atoms with E-state index in [0.717, 1.165) is 5.56 Å². The highest BCUT2D eigenvalue weighted by atomic mass is 32.2. The monoisotopic (exact) mass is 318 g/mol. The van der Waals surface area contributed by atoms with E-state index in [4.69, 9.17) is 5.73 Å². The van der Waals surface area contributed by atoms with Crippen molar-refractivity contribution < 1.29 is 13.2 Å². The molecule has 2 aromatic rings. The van der Waals surface area contributed by atoms with Gasteiger partial charge >= 0.3 is 0 Å². The van der Waals surface area contributed by atoms with Crippen molar-refractivity contribution in [2.45, 2.75) is 36.6 Å². The number of nitrogens with two attached hydrogens (primary N) is 1. The van der Waals surface area contributed by atoms with Crippen molar-refractivity contribution in [1.82, 2.24) is 4.98 Å². The molecule has 0 bridgehead atoms. The summed E-state index contributed by atoms with van der Waals surface area (Å²) in [7, 11) is -3.72. The second-order valence-corrected chi connectivity index (χ2v) is 6.93. The highest BCUT2D eigenvalue weighted by Gasteiger charge is 2.24. The molecule has 0 saturated heterocycles. The van der Waals surface area contributed by atoms with Crippen molar-refractivity contribution in [2.24, 2.45) is 5.73 Å². The van der Waals surface area contributed by atoms with Crippen molar-refractivity contribution in [2.75, 3.05) is 0 Å². The molecule has 0 spiro atoms. The van der Waals surface area contributed by atoms with E-state index in [1.807, 2.05) is 13.8 Å². The van der Waals surface area contributed by atoms with Crippen LogP contribution in [0, 0.1) is 6.92 Å². The molecule has 0 aliphatic heterocycles. The number of rotatable bonds is 5. The number of carbonyl (C=O) groups is 1. The molecule has 0 saturated carbocycles. The molecule has 6 heteroatoms. The van der Waals surface area contributed by atoms with Gasteiger partial charge in [-0.3, -0.25) is 4.79 Å². The highest BCUT2D eigenvalue weighted by molar-refractivity contribution is 7.91. The number of hydrogen-bond donors (Lipinski definition) is 1. The van der Waals surface area contributed by atoms with Crippen molar-refractivity contribution >= 4 is 15.7 Å². The maximum Gasteiger partial charge on any atom is 0.224 e. The molecule has 1 aromatic carbocycles. The van der Waals surface area contributed by atoms with Gasteiger partial charge in [-0.25, -0.2) is 13.4 Å². The molecule has 1 amide bonds. The Hall–Kier alpha value is -2.21. The molecule has 1 aromatic heterocycles. The van der Waals surface area contributed by atoms with E-state index in [1.165, 1.54) is 6.20 Å². The Kier molecular flexibility index (Phi) is 4.61. The van der Waals surface area contributed by atoms with Crippen LogP contribution in [-0.2, 0) is 27.5 Å². The number of aryl methyl sites for hydroxylation is 1. The molecule has 0 unspecified atom stereocenters. The second kappa shape index (κ2) is 6.27. The minimum atomic E-state index is -3.72. The lowest BCUT2D eigenvalue weighted by Gasteiger charge is -2.12. The van der Waals surface area contributed by atoms with Crippen LogP contribution in [0.3, 0.4) is 0 Å². The Morgan fingerprint density at radius 3 is 2.36 bits per heavy atom. The lowest BCUT2D eigenvalue weighted by Crippen LogP contribution is -2.17. The predicted octanol–water partition coefficient (Wildman–Crippen LogP) is 1.81. The fourth-order valence-electron chi connectivity index (χ4n) is 2.30. The van der Waals surface area contributed by atoms with Gasteiger partial charge in [-0.1, -0.05) is 24.6 Å². The minimum absolute atomic E-state index is 0.00209. The third kappa shape index (κ3) is 3.17. The van der Waals surface area contributed by atoms with E-state index in [0.29, 0.717) is 17.5 Å². The van der Waals surface area contributed by atoms with Crippen LogP contribution in [0.1, 0.15) is 23.6 Å². The first-order valence-electron chi connectivity index (χ1n) is 6.93. The lowest BCUT2D eigenvalue weighted by molar-refractivity contribution is -0.117. The first kappa shape index (κ1) is 16.2. The van der Waals surface area contributed by atoms with Crippen molar-refractivity contribution in [1.29, 1.82) is 0 Å². The smallest absolute Gasteiger partial charge is 0.224 e. The number of aromatic nitrogens is 1. The van der Waals surface area contributed by atoms with E-state index >= 15 is 0 Å². The zero-order valence-electron chi connectivity index (χ0n) is 12.5. The van der Waals surface area contributed by atoms with Gasteiger partial charge in [0.1, 0.15) is 0 Å².